The Balaban J connectivity index is -0.0000000439. The molecule has 29 heteroatoms. The Morgan fingerprint density at radius 2 is 0.681 bits per heavy atom. The number of urea groups is 1. The predicted octanol–water partition coefficient (Wildman–Crippen LogP) is 30.4. The van der Waals surface area contributed by atoms with Crippen LogP contribution < -0.4 is 16.0 Å². The summed E-state index contributed by atoms with van der Waals surface area (Å²) in [6.45, 7) is 47.7. The van der Waals surface area contributed by atoms with Crippen molar-refractivity contribution in [1.82, 2.24) is 5.32 Å². The lowest BCUT2D eigenvalue weighted by Gasteiger charge is -2.21. The van der Waals surface area contributed by atoms with Crippen LogP contribution in [-0.4, -0.2) is 157 Å². The first-order chi connectivity index (χ1) is 56.5. The van der Waals surface area contributed by atoms with Crippen molar-refractivity contribution in [2.45, 2.75) is 399 Å². The van der Waals surface area contributed by atoms with E-state index in [1.54, 1.807) is 69.3 Å². The molecule has 0 fully saturated rings. The number of aliphatic hydroxyl groups is 2. The maximum Gasteiger partial charge on any atom is 0.338 e. The van der Waals surface area contributed by atoms with Gasteiger partial charge in [-0.05, 0) is 187 Å². The number of benzene rings is 4. The molecule has 0 radical (unpaired) electrons. The van der Waals surface area contributed by atoms with Crippen molar-refractivity contribution in [3.05, 3.63) is 108 Å². The number of aliphatic hydroxyl groups excluding tert-OH is 2. The average Bonchev–Trinajstić information content (AvgIpc) is 0.900. The summed E-state index contributed by atoms with van der Waals surface area (Å²) in [5, 5.41) is 79.1. The Morgan fingerprint density at radius 1 is 0.369 bits per heavy atom. The van der Waals surface area contributed by atoms with Crippen molar-refractivity contribution in [2.24, 2.45) is 57.2 Å². The van der Waals surface area contributed by atoms with E-state index < -0.39 is 40.3 Å². The van der Waals surface area contributed by atoms with Crippen molar-refractivity contribution in [3.8, 4) is 35.1 Å². The number of rotatable bonds is 33. The summed E-state index contributed by atoms with van der Waals surface area (Å²) in [6.07, 6.45) is 7.02. The van der Waals surface area contributed by atoms with Crippen LogP contribution in [0.15, 0.2) is 97.1 Å². The van der Waals surface area contributed by atoms with E-state index in [1.807, 2.05) is 158 Å². The van der Waals surface area contributed by atoms with Crippen molar-refractivity contribution in [3.63, 3.8) is 0 Å². The zero-order valence-electron chi connectivity index (χ0n) is 77.4. The Morgan fingerprint density at radius 3 is 0.979 bits per heavy atom. The minimum absolute atomic E-state index is 0. The van der Waals surface area contributed by atoms with E-state index in [2.05, 4.69) is 42.3 Å². The summed E-state index contributed by atoms with van der Waals surface area (Å²) in [6, 6.07) is 29.0. The summed E-state index contributed by atoms with van der Waals surface area (Å²) in [5.74, 6) is -1.18. The van der Waals surface area contributed by atoms with Gasteiger partial charge in [-0.1, -0.05) is 290 Å². The van der Waals surface area contributed by atoms with E-state index >= 15 is 0 Å². The van der Waals surface area contributed by atoms with Gasteiger partial charge >= 0.3 is 53.8 Å². The molecule has 0 aliphatic carbocycles. The molecule has 4 rings (SSSR count). The number of nitrogens with zero attached hydrogens (tertiary/aromatic N) is 2. The van der Waals surface area contributed by atoms with E-state index in [0.29, 0.717) is 30.8 Å². The Hall–Kier alpha value is -10.5. The number of phenols is 4. The Bertz CT molecular complexity index is 3610. The minimum Gasteiger partial charge on any atom is -0.508 e. The van der Waals surface area contributed by atoms with Gasteiger partial charge in [0.25, 0.3) is 0 Å². The van der Waals surface area contributed by atoms with E-state index in [-0.39, 0.29) is 306 Å². The predicted molar refractivity (Wildman–Crippen MR) is 604 cm³/mol. The third-order valence-electron chi connectivity index (χ3n) is 18.6. The molecule has 0 saturated carbocycles. The SMILES string of the molecule is C.C.C.C.C.C.C.C.C.C.C.C.C.C.C.C.C.C.C.C.CCC(C)(C)C(=O)Nc1cccc(O)c1.CCC(C)(C)C(=O)OCC(O)COC(=O)c1cccc(O)c1.CCC(C)(C)C(=O)OCCNC(=O)Nc1cccc(O)c1.CCC(C)(C)C(=O)OCc1cccc(O)c1.CCC(C)C#N.CCC(C)C#N.CCC(C)C(=O)OC.CCC(C)C(=O)OC.CCC(C)C(=O)OCCO.CCOC(=O)C(C)CC. The van der Waals surface area contributed by atoms with Crippen LogP contribution in [0.5, 0.6) is 23.0 Å². The summed E-state index contributed by atoms with van der Waals surface area (Å²) in [4.78, 5) is 113. The van der Waals surface area contributed by atoms with Crippen LogP contribution in [0.3, 0.4) is 0 Å². The standard InChI is InChI=1S/C16H22O6.C15H22N2O4.C13H18O3.C12H17NO2.C7H14O3.C7H14O2.2C6H12O2.2C5H9N.20CH4/c1-4-16(2,3)15(20)22-10-13(18)9-21-14(19)11-6-5-7-12(17)8-11;1-4-15(2,3)13(19)21-9-8-16-14(20)17-11-6-5-7-12(18)10-11;1-4-13(2,3)12(15)16-9-10-6-5-7-11(14)8-10;1-4-12(2,3)11(15)13-9-6-5-7-10(14)8-9;1-3-6(2)7(9)10-5-4-8;1-4-6(3)7(8)9-5-2;2*1-4-5(2)6(7)8-3;2*1-3-5(2)4-6;;;;;;;;;;;;;;;;;;;;/h5-8,13,17-18H,4,9-10H2,1-3H3;5-7,10,18H,4,8-9H2,1-3H3,(H2,16,17,20);5-8,14H,4,9H2,1-3H3;5-8,14H,4H2,1-3H3,(H,13,15);6,8H,3-5H2,1-2H3;6H,4-5H2,1-3H3;2*5H,4H2,1-3H3;2*5H,3H2,1-2H3;20*1H4. The zero-order valence-corrected chi connectivity index (χ0v) is 77.4. The number of anilines is 2. The fourth-order valence-corrected chi connectivity index (χ4v) is 6.86. The van der Waals surface area contributed by atoms with Crippen LogP contribution in [0.1, 0.15) is 402 Å². The average molecular weight is 2030 g/mol. The molecular formula is C112H229N5O24. The third kappa shape index (κ3) is 104. The molecule has 141 heavy (non-hydrogen) atoms. The van der Waals surface area contributed by atoms with E-state index in [1.165, 1.54) is 56.7 Å². The lowest BCUT2D eigenvalue weighted by Crippen LogP contribution is -2.34. The minimum atomic E-state index is -1.10. The van der Waals surface area contributed by atoms with Crippen molar-refractivity contribution >= 4 is 71.1 Å². The molecule has 0 spiro atoms. The van der Waals surface area contributed by atoms with Gasteiger partial charge in [0.15, 0.2) is 0 Å². The molecule has 0 aromatic heterocycles. The van der Waals surface area contributed by atoms with Crippen LogP contribution in [0.25, 0.3) is 0 Å². The molecule has 846 valence electrons. The number of esters is 8. The Kier molecular flexibility index (Phi) is 165. The van der Waals surface area contributed by atoms with Crippen LogP contribution >= 0.6 is 0 Å². The first-order valence-electron chi connectivity index (χ1n) is 41.3. The van der Waals surface area contributed by atoms with Crippen LogP contribution in [-0.2, 0) is 82.9 Å². The third-order valence-corrected chi connectivity index (χ3v) is 18.6. The largest absolute Gasteiger partial charge is 0.508 e. The molecule has 0 saturated heterocycles. The number of hydrogen-bond acceptors (Lipinski definition) is 26. The first-order valence-corrected chi connectivity index (χ1v) is 41.3. The molecule has 0 aliphatic rings. The van der Waals surface area contributed by atoms with Crippen molar-refractivity contribution < 1.29 is 116 Å². The smallest absolute Gasteiger partial charge is 0.338 e. The maximum absolute atomic E-state index is 11.8. The quantitative estimate of drug-likeness (QED) is 0.0121. The van der Waals surface area contributed by atoms with Gasteiger partial charge < -0.3 is 84.5 Å². The molecule has 0 bridgehead atoms. The van der Waals surface area contributed by atoms with E-state index in [9.17, 15) is 73.5 Å². The zero-order chi connectivity index (χ0) is 94.7. The van der Waals surface area contributed by atoms with Gasteiger partial charge in [-0.15, -0.1) is 0 Å². The van der Waals surface area contributed by atoms with Gasteiger partial charge in [0, 0.05) is 40.8 Å². The summed E-state index contributed by atoms with van der Waals surface area (Å²) >= 11 is 0. The number of carbonyl (C=O) groups excluding carboxylic acids is 10. The number of carbonyl (C=O) groups is 10. The molecule has 7 atom stereocenters. The number of aromatic hydroxyl groups is 4. The topological polar surface area (TPSA) is 450 Å². The van der Waals surface area contributed by atoms with E-state index in [4.69, 9.17) is 39.3 Å². The maximum atomic E-state index is 11.8. The molecule has 4 aromatic rings. The molecular weight excluding hydrogens is 1800 g/mol. The molecule has 3 amide bonds. The van der Waals surface area contributed by atoms with Crippen LogP contribution in [0.4, 0.5) is 16.2 Å². The molecule has 9 N–H and O–H groups in total. The van der Waals surface area contributed by atoms with Gasteiger partial charge in [0.1, 0.15) is 62.1 Å². The molecule has 4 aromatic carbocycles. The van der Waals surface area contributed by atoms with Gasteiger partial charge in [-0.2, -0.15) is 10.5 Å². The number of phenolic OH excluding ortho intramolecular Hbond substituents is 4. The first kappa shape index (κ1) is 200. The highest BCUT2D eigenvalue weighted by molar-refractivity contribution is 5.95. The number of nitrogens with one attached hydrogen (secondary N) is 3. The second kappa shape index (κ2) is 116. The fourth-order valence-electron chi connectivity index (χ4n) is 6.86. The van der Waals surface area contributed by atoms with E-state index in [0.717, 1.165) is 56.9 Å². The summed E-state index contributed by atoms with van der Waals surface area (Å²) < 4.78 is 38.5. The van der Waals surface area contributed by atoms with Crippen molar-refractivity contribution in [1.29, 1.82) is 10.5 Å². The summed E-state index contributed by atoms with van der Waals surface area (Å²) in [7, 11) is 2.82. The molecule has 0 aliphatic heterocycles. The van der Waals surface area contributed by atoms with Gasteiger partial charge in [-0.25, -0.2) is 9.59 Å². The second-order valence-electron chi connectivity index (χ2n) is 30.5. The monoisotopic (exact) mass is 2030 g/mol. The Labute approximate surface area is 869 Å². The highest BCUT2D eigenvalue weighted by Gasteiger charge is 2.30. The summed E-state index contributed by atoms with van der Waals surface area (Å²) in [5.41, 5.74) is 0.124. The van der Waals surface area contributed by atoms with Gasteiger partial charge in [0.2, 0.25) is 5.91 Å². The van der Waals surface area contributed by atoms with Gasteiger partial charge in [0.05, 0.1) is 91.6 Å². The normalized spacial score (nSPS) is 10.3. The number of nitriles is 2. The molecule has 0 heterocycles. The van der Waals surface area contributed by atoms with Crippen LogP contribution in [0.2, 0.25) is 0 Å². The second-order valence-corrected chi connectivity index (χ2v) is 30.5. The lowest BCUT2D eigenvalue weighted by molar-refractivity contribution is -0.158. The van der Waals surface area contributed by atoms with Crippen LogP contribution in [0, 0.1) is 79.8 Å². The van der Waals surface area contributed by atoms with Gasteiger partial charge in [-0.3, -0.25) is 38.4 Å². The molecule has 29 nitrogen and oxygen atoms in total. The fraction of sp³-hybridized carbons (Fsp3) is 0.679. The number of ether oxygens (including phenoxy) is 8. The highest BCUT2D eigenvalue weighted by Crippen LogP contribution is 2.27. The number of hydrogen-bond donors (Lipinski definition) is 9. The highest BCUT2D eigenvalue weighted by atomic mass is 16.6. The number of methoxy groups -OCH3 is 2. The number of amides is 3. The lowest BCUT2D eigenvalue weighted by atomic mass is 9.89. The van der Waals surface area contributed by atoms with Crippen molar-refractivity contribution in [2.75, 3.05) is 71.0 Å². The molecule has 7 unspecified atom stereocenters.